The van der Waals surface area contributed by atoms with Gasteiger partial charge in [0.05, 0.1) is 0 Å². The number of hydrogen-bond acceptors (Lipinski definition) is 4. The SMILES string of the molecule is CCCCNC(=O)C(c1ccccc1C)N(C(=O)C(NC(=O)OC(C)(C)C)C(C)CC)C1CC1. The maximum Gasteiger partial charge on any atom is 0.408 e. The monoisotopic (exact) mass is 473 g/mol. The van der Waals surface area contributed by atoms with Crippen LogP contribution in [0.15, 0.2) is 24.3 Å². The van der Waals surface area contributed by atoms with E-state index in [0.717, 1.165) is 36.8 Å². The molecule has 1 aliphatic rings. The van der Waals surface area contributed by atoms with Gasteiger partial charge in [-0.25, -0.2) is 4.79 Å². The second-order valence-electron chi connectivity index (χ2n) is 10.4. The highest BCUT2D eigenvalue weighted by molar-refractivity contribution is 5.93. The Balaban J connectivity index is 2.43. The summed E-state index contributed by atoms with van der Waals surface area (Å²) in [5.74, 6) is -0.535. The van der Waals surface area contributed by atoms with Crippen LogP contribution in [0.3, 0.4) is 0 Å². The van der Waals surface area contributed by atoms with E-state index < -0.39 is 23.8 Å². The van der Waals surface area contributed by atoms with Crippen molar-refractivity contribution in [1.29, 1.82) is 0 Å². The lowest BCUT2D eigenvalue weighted by Gasteiger charge is -2.36. The topological polar surface area (TPSA) is 87.7 Å². The molecule has 0 saturated heterocycles. The molecular weight excluding hydrogens is 430 g/mol. The lowest BCUT2D eigenvalue weighted by Crippen LogP contribution is -2.56. The van der Waals surface area contributed by atoms with Gasteiger partial charge in [0.25, 0.3) is 0 Å². The molecule has 1 aromatic carbocycles. The lowest BCUT2D eigenvalue weighted by atomic mass is 9.94. The maximum atomic E-state index is 14.1. The molecule has 7 heteroatoms. The van der Waals surface area contributed by atoms with E-state index in [2.05, 4.69) is 17.6 Å². The average Bonchev–Trinajstić information content (AvgIpc) is 3.59. The van der Waals surface area contributed by atoms with E-state index in [9.17, 15) is 14.4 Å². The van der Waals surface area contributed by atoms with E-state index >= 15 is 0 Å². The molecule has 0 radical (unpaired) electrons. The van der Waals surface area contributed by atoms with Crippen molar-refractivity contribution in [2.24, 2.45) is 5.92 Å². The van der Waals surface area contributed by atoms with Crippen LogP contribution in [-0.2, 0) is 14.3 Å². The number of nitrogens with one attached hydrogen (secondary N) is 2. The van der Waals surface area contributed by atoms with Gasteiger partial charge in [0.1, 0.15) is 17.7 Å². The summed E-state index contributed by atoms with van der Waals surface area (Å²) < 4.78 is 5.45. The van der Waals surface area contributed by atoms with Gasteiger partial charge in [-0.05, 0) is 64.0 Å². The minimum atomic E-state index is -0.782. The van der Waals surface area contributed by atoms with Crippen LogP contribution in [-0.4, -0.2) is 47.0 Å². The van der Waals surface area contributed by atoms with Crippen LogP contribution in [0.25, 0.3) is 0 Å². The first-order valence-electron chi connectivity index (χ1n) is 12.6. The van der Waals surface area contributed by atoms with Crippen LogP contribution in [0.2, 0.25) is 0 Å². The zero-order valence-electron chi connectivity index (χ0n) is 21.9. The van der Waals surface area contributed by atoms with Crippen molar-refractivity contribution in [3.05, 3.63) is 35.4 Å². The number of nitrogens with zero attached hydrogens (tertiary/aromatic N) is 1. The molecule has 2 N–H and O–H groups in total. The Kier molecular flexibility index (Phi) is 9.95. The fraction of sp³-hybridized carbons (Fsp3) is 0.667. The highest BCUT2D eigenvalue weighted by atomic mass is 16.6. The molecule has 3 atom stereocenters. The highest BCUT2D eigenvalue weighted by Gasteiger charge is 2.45. The summed E-state index contributed by atoms with van der Waals surface area (Å²) in [6.45, 7) is 13.9. The van der Waals surface area contributed by atoms with Gasteiger partial charge >= 0.3 is 6.09 Å². The molecular formula is C27H43N3O4. The van der Waals surface area contributed by atoms with Gasteiger partial charge in [-0.15, -0.1) is 0 Å². The second-order valence-corrected chi connectivity index (χ2v) is 10.4. The Hall–Kier alpha value is -2.57. The van der Waals surface area contributed by atoms with Crippen LogP contribution in [0.5, 0.6) is 0 Å². The molecule has 34 heavy (non-hydrogen) atoms. The second kappa shape index (κ2) is 12.2. The number of alkyl carbamates (subject to hydrolysis) is 1. The normalized spacial score (nSPS) is 16.2. The lowest BCUT2D eigenvalue weighted by molar-refractivity contribution is -0.144. The van der Waals surface area contributed by atoms with E-state index in [4.69, 9.17) is 4.74 Å². The van der Waals surface area contributed by atoms with E-state index in [0.29, 0.717) is 13.0 Å². The molecule has 3 amide bonds. The summed E-state index contributed by atoms with van der Waals surface area (Å²) in [5.41, 5.74) is 1.10. The minimum Gasteiger partial charge on any atom is -0.444 e. The Bertz CT molecular complexity index is 845. The molecule has 1 fully saturated rings. The molecule has 7 nitrogen and oxygen atoms in total. The van der Waals surface area contributed by atoms with Crippen molar-refractivity contribution in [2.45, 2.75) is 104 Å². The van der Waals surface area contributed by atoms with E-state index in [1.54, 1.807) is 25.7 Å². The van der Waals surface area contributed by atoms with Crippen molar-refractivity contribution in [1.82, 2.24) is 15.5 Å². The summed E-state index contributed by atoms with van der Waals surface area (Å²) in [4.78, 5) is 41.9. The quantitative estimate of drug-likeness (QED) is 0.448. The Morgan fingerprint density at radius 1 is 1.15 bits per heavy atom. The number of ether oxygens (including phenoxy) is 1. The van der Waals surface area contributed by atoms with Crippen molar-refractivity contribution >= 4 is 17.9 Å². The zero-order valence-corrected chi connectivity index (χ0v) is 21.9. The number of rotatable bonds is 11. The largest absolute Gasteiger partial charge is 0.444 e. The summed E-state index contributed by atoms with van der Waals surface area (Å²) in [6, 6.07) is 6.15. The van der Waals surface area contributed by atoms with Crippen LogP contribution in [0.1, 0.15) is 90.8 Å². The Morgan fingerprint density at radius 2 is 1.79 bits per heavy atom. The van der Waals surface area contributed by atoms with Crippen LogP contribution >= 0.6 is 0 Å². The number of hydrogen-bond donors (Lipinski definition) is 2. The summed E-state index contributed by atoms with van der Waals surface area (Å²) >= 11 is 0. The van der Waals surface area contributed by atoms with Crippen LogP contribution in [0, 0.1) is 12.8 Å². The number of benzene rings is 1. The van der Waals surface area contributed by atoms with Gasteiger partial charge in [-0.2, -0.15) is 0 Å². The van der Waals surface area contributed by atoms with E-state index in [1.165, 1.54) is 0 Å². The number of unbranched alkanes of at least 4 members (excludes halogenated alkanes) is 1. The molecule has 0 bridgehead atoms. The molecule has 1 saturated carbocycles. The highest BCUT2D eigenvalue weighted by Crippen LogP contribution is 2.37. The first kappa shape index (κ1) is 27.7. The third-order valence-corrected chi connectivity index (χ3v) is 6.19. The molecule has 0 heterocycles. The standard InChI is InChI=1S/C27H43N3O4/c1-8-10-17-28-24(31)23(21-14-12-11-13-19(21)4)30(20-15-16-20)25(32)22(18(3)9-2)29-26(33)34-27(5,6)7/h11-14,18,20,22-23H,8-10,15-17H2,1-7H3,(H,28,31)(H,29,33). The minimum absolute atomic E-state index is 0.0268. The molecule has 190 valence electrons. The van der Waals surface area contributed by atoms with Crippen molar-refractivity contribution < 1.29 is 19.1 Å². The molecule has 3 unspecified atom stereocenters. The summed E-state index contributed by atoms with van der Waals surface area (Å²) in [5, 5.41) is 5.85. The zero-order chi connectivity index (χ0) is 25.5. The molecule has 0 aromatic heterocycles. The first-order chi connectivity index (χ1) is 16.0. The number of carbonyl (C=O) groups excluding carboxylic acids is 3. The molecule has 2 rings (SSSR count). The molecule has 1 aromatic rings. The van der Waals surface area contributed by atoms with Gasteiger partial charge in [0.2, 0.25) is 11.8 Å². The fourth-order valence-electron chi connectivity index (χ4n) is 3.94. The van der Waals surface area contributed by atoms with Gasteiger partial charge in [-0.3, -0.25) is 9.59 Å². The van der Waals surface area contributed by atoms with Crippen LogP contribution in [0.4, 0.5) is 4.79 Å². The van der Waals surface area contributed by atoms with Gasteiger partial charge in [0.15, 0.2) is 0 Å². The molecule has 0 aliphatic heterocycles. The van der Waals surface area contributed by atoms with E-state index in [1.807, 2.05) is 45.0 Å². The summed E-state index contributed by atoms with van der Waals surface area (Å²) in [7, 11) is 0. The fourth-order valence-corrected chi connectivity index (χ4v) is 3.94. The predicted molar refractivity (Wildman–Crippen MR) is 134 cm³/mol. The third kappa shape index (κ3) is 7.74. The third-order valence-electron chi connectivity index (χ3n) is 6.19. The Morgan fingerprint density at radius 3 is 2.32 bits per heavy atom. The smallest absolute Gasteiger partial charge is 0.408 e. The van der Waals surface area contributed by atoms with Crippen molar-refractivity contribution in [3.63, 3.8) is 0 Å². The first-order valence-corrected chi connectivity index (χ1v) is 12.6. The van der Waals surface area contributed by atoms with Gasteiger partial charge in [0, 0.05) is 12.6 Å². The van der Waals surface area contributed by atoms with E-state index in [-0.39, 0.29) is 23.8 Å². The van der Waals surface area contributed by atoms with Crippen LogP contribution < -0.4 is 10.6 Å². The molecule has 1 aliphatic carbocycles. The number of amides is 3. The van der Waals surface area contributed by atoms with Crippen molar-refractivity contribution in [2.75, 3.05) is 6.54 Å². The molecule has 0 spiro atoms. The number of carbonyl (C=O) groups is 3. The van der Waals surface area contributed by atoms with Crippen molar-refractivity contribution in [3.8, 4) is 0 Å². The average molecular weight is 474 g/mol. The number of aryl methyl sites for hydroxylation is 1. The maximum absolute atomic E-state index is 14.1. The Labute approximate surface area is 205 Å². The predicted octanol–water partition coefficient (Wildman–Crippen LogP) is 4.88. The van der Waals surface area contributed by atoms with Gasteiger partial charge in [-0.1, -0.05) is 57.9 Å². The van der Waals surface area contributed by atoms with Gasteiger partial charge < -0.3 is 20.3 Å². The summed E-state index contributed by atoms with van der Waals surface area (Å²) in [6.07, 6.45) is 3.60.